The highest BCUT2D eigenvalue weighted by Gasteiger charge is 2.48. The average molecular weight is 279 g/mol. The van der Waals surface area contributed by atoms with Crippen LogP contribution in [0.5, 0.6) is 0 Å². The van der Waals surface area contributed by atoms with E-state index >= 15 is 0 Å². The van der Waals surface area contributed by atoms with Crippen LogP contribution in [-0.4, -0.2) is 29.3 Å². The van der Waals surface area contributed by atoms with E-state index in [0.717, 1.165) is 50.6 Å². The maximum atomic E-state index is 13.3. The summed E-state index contributed by atoms with van der Waals surface area (Å²) in [5, 5.41) is 0. The highest BCUT2D eigenvalue weighted by Crippen LogP contribution is 2.42. The van der Waals surface area contributed by atoms with Crippen molar-refractivity contribution in [3.63, 3.8) is 0 Å². The van der Waals surface area contributed by atoms with Crippen LogP contribution in [0.15, 0.2) is 0 Å². The van der Waals surface area contributed by atoms with Crippen LogP contribution in [0.3, 0.4) is 0 Å². The number of carbonyl (C=O) groups is 1. The van der Waals surface area contributed by atoms with Gasteiger partial charge in [0.05, 0.1) is 5.54 Å². The van der Waals surface area contributed by atoms with Gasteiger partial charge in [-0.2, -0.15) is 0 Å². The van der Waals surface area contributed by atoms with Gasteiger partial charge in [-0.3, -0.25) is 9.69 Å². The fraction of sp³-hybridized carbons (Fsp3) is 0.944. The summed E-state index contributed by atoms with van der Waals surface area (Å²) in [6, 6.07) is 0. The Labute approximate surface area is 125 Å². The largest absolute Gasteiger partial charge is 0.297 e. The maximum absolute atomic E-state index is 13.3. The van der Waals surface area contributed by atoms with E-state index in [-0.39, 0.29) is 5.54 Å². The number of likely N-dealkylation sites (N-methyl/N-ethyl adjacent to an activating group) is 1. The van der Waals surface area contributed by atoms with Crippen LogP contribution in [0.4, 0.5) is 0 Å². The molecule has 0 amide bonds. The minimum absolute atomic E-state index is 0.106. The molecule has 0 aliphatic heterocycles. The van der Waals surface area contributed by atoms with Crippen molar-refractivity contribution in [2.24, 2.45) is 17.8 Å². The third-order valence-electron chi connectivity index (χ3n) is 5.81. The number of carbonyl (C=O) groups excluding carboxylic acids is 1. The van der Waals surface area contributed by atoms with Crippen LogP contribution < -0.4 is 0 Å². The highest BCUT2D eigenvalue weighted by molar-refractivity contribution is 5.91. The second-order valence-corrected chi connectivity index (χ2v) is 7.39. The Bertz CT molecular complexity index is 318. The number of rotatable bonds is 5. The van der Waals surface area contributed by atoms with Gasteiger partial charge in [-0.05, 0) is 57.0 Å². The summed E-state index contributed by atoms with van der Waals surface area (Å²) in [6.07, 6.45) is 8.25. The first-order chi connectivity index (χ1) is 9.53. The summed E-state index contributed by atoms with van der Waals surface area (Å²) in [6.45, 7) is 11.1. The van der Waals surface area contributed by atoms with Gasteiger partial charge in [-0.25, -0.2) is 0 Å². The number of hydrogen-bond acceptors (Lipinski definition) is 2. The third-order valence-corrected chi connectivity index (χ3v) is 5.81. The number of hydrogen-bond donors (Lipinski definition) is 0. The molecule has 0 heterocycles. The van der Waals surface area contributed by atoms with Gasteiger partial charge in [0.1, 0.15) is 0 Å². The van der Waals surface area contributed by atoms with Gasteiger partial charge in [-0.1, -0.05) is 40.5 Å². The molecule has 2 atom stereocenters. The summed E-state index contributed by atoms with van der Waals surface area (Å²) in [4.78, 5) is 15.8. The lowest BCUT2D eigenvalue weighted by atomic mass is 9.70. The minimum atomic E-state index is -0.106. The molecule has 116 valence electrons. The number of ketones is 1. The molecule has 2 rings (SSSR count). The lowest BCUT2D eigenvalue weighted by molar-refractivity contribution is -0.137. The van der Waals surface area contributed by atoms with Gasteiger partial charge in [-0.15, -0.1) is 0 Å². The maximum Gasteiger partial charge on any atom is 0.156 e. The average Bonchev–Trinajstić information content (AvgIpc) is 2.89. The molecule has 2 saturated carbocycles. The molecule has 2 fully saturated rings. The minimum Gasteiger partial charge on any atom is -0.297 e. The zero-order chi connectivity index (χ0) is 14.8. The third kappa shape index (κ3) is 2.95. The topological polar surface area (TPSA) is 20.3 Å². The molecule has 2 unspecified atom stereocenters. The smallest absolute Gasteiger partial charge is 0.156 e. The first-order valence-electron chi connectivity index (χ1n) is 8.82. The molecular formula is C18H33NO. The summed E-state index contributed by atoms with van der Waals surface area (Å²) < 4.78 is 0. The summed E-state index contributed by atoms with van der Waals surface area (Å²) in [5.74, 6) is 2.37. The second kappa shape index (κ2) is 6.60. The van der Waals surface area contributed by atoms with Crippen molar-refractivity contribution in [1.29, 1.82) is 0 Å². The van der Waals surface area contributed by atoms with Crippen molar-refractivity contribution >= 4 is 5.78 Å². The van der Waals surface area contributed by atoms with Gasteiger partial charge in [0.15, 0.2) is 5.78 Å². The predicted molar refractivity (Wildman–Crippen MR) is 84.8 cm³/mol. The van der Waals surface area contributed by atoms with E-state index in [0.29, 0.717) is 11.7 Å². The van der Waals surface area contributed by atoms with Crippen molar-refractivity contribution in [2.45, 2.75) is 78.2 Å². The molecule has 2 heteroatoms. The molecule has 0 spiro atoms. The summed E-state index contributed by atoms with van der Waals surface area (Å²) >= 11 is 0. The van der Waals surface area contributed by atoms with Crippen molar-refractivity contribution in [1.82, 2.24) is 4.90 Å². The molecular weight excluding hydrogens is 246 g/mol. The van der Waals surface area contributed by atoms with Crippen molar-refractivity contribution in [3.8, 4) is 0 Å². The van der Waals surface area contributed by atoms with E-state index in [9.17, 15) is 4.79 Å². The van der Waals surface area contributed by atoms with Gasteiger partial charge in [0, 0.05) is 5.92 Å². The van der Waals surface area contributed by atoms with Crippen LogP contribution in [0.1, 0.15) is 72.6 Å². The Balaban J connectivity index is 2.18. The van der Waals surface area contributed by atoms with Crippen molar-refractivity contribution in [2.75, 3.05) is 13.1 Å². The van der Waals surface area contributed by atoms with Crippen LogP contribution >= 0.6 is 0 Å². The summed E-state index contributed by atoms with van der Waals surface area (Å²) in [5.41, 5.74) is -0.106. The Hall–Kier alpha value is -0.370. The van der Waals surface area contributed by atoms with Gasteiger partial charge >= 0.3 is 0 Å². The number of Topliss-reactive ketones (excluding diaryl/α,β-unsaturated/α-hetero) is 1. The first kappa shape index (κ1) is 16.0. The quantitative estimate of drug-likeness (QED) is 0.748. The van der Waals surface area contributed by atoms with Crippen LogP contribution in [0.25, 0.3) is 0 Å². The Morgan fingerprint density at radius 2 is 1.50 bits per heavy atom. The van der Waals surface area contributed by atoms with Crippen LogP contribution in [0.2, 0.25) is 0 Å². The Morgan fingerprint density at radius 1 is 1.00 bits per heavy atom. The molecule has 0 bridgehead atoms. The predicted octanol–water partition coefficient (Wildman–Crippen LogP) is 4.28. The van der Waals surface area contributed by atoms with Crippen LogP contribution in [-0.2, 0) is 4.79 Å². The molecule has 2 aliphatic rings. The number of nitrogens with zero attached hydrogens (tertiary/aromatic N) is 1. The van der Waals surface area contributed by atoms with Crippen LogP contribution in [0, 0.1) is 17.8 Å². The molecule has 20 heavy (non-hydrogen) atoms. The van der Waals surface area contributed by atoms with Crippen molar-refractivity contribution in [3.05, 3.63) is 0 Å². The SMILES string of the molecule is CCN(CC)C1(C(=O)C2CC(C)CC(C)C2)CCCC1. The fourth-order valence-electron chi connectivity index (χ4n) is 5.05. The molecule has 0 N–H and O–H groups in total. The van der Waals surface area contributed by atoms with E-state index in [4.69, 9.17) is 0 Å². The Kier molecular flexibility index (Phi) is 5.28. The lowest BCUT2D eigenvalue weighted by Gasteiger charge is -2.43. The molecule has 0 radical (unpaired) electrons. The van der Waals surface area contributed by atoms with E-state index in [2.05, 4.69) is 32.6 Å². The van der Waals surface area contributed by atoms with Gasteiger partial charge in [0.25, 0.3) is 0 Å². The van der Waals surface area contributed by atoms with E-state index in [1.165, 1.54) is 19.3 Å². The Morgan fingerprint density at radius 3 is 1.95 bits per heavy atom. The second-order valence-electron chi connectivity index (χ2n) is 7.39. The molecule has 0 saturated heterocycles. The molecule has 0 aromatic heterocycles. The van der Waals surface area contributed by atoms with Gasteiger partial charge < -0.3 is 0 Å². The standard InChI is InChI=1S/C18H33NO/c1-5-19(6-2)18(9-7-8-10-18)17(20)16-12-14(3)11-15(4)13-16/h14-16H,5-13H2,1-4H3. The van der Waals surface area contributed by atoms with Crippen molar-refractivity contribution < 1.29 is 4.79 Å². The van der Waals surface area contributed by atoms with E-state index in [1.54, 1.807) is 0 Å². The summed E-state index contributed by atoms with van der Waals surface area (Å²) in [7, 11) is 0. The fourth-order valence-corrected chi connectivity index (χ4v) is 5.05. The van der Waals surface area contributed by atoms with E-state index in [1.807, 2.05) is 0 Å². The monoisotopic (exact) mass is 279 g/mol. The molecule has 2 aliphatic carbocycles. The highest BCUT2D eigenvalue weighted by atomic mass is 16.1. The first-order valence-corrected chi connectivity index (χ1v) is 8.82. The zero-order valence-corrected chi connectivity index (χ0v) is 14.0. The zero-order valence-electron chi connectivity index (χ0n) is 14.0. The lowest BCUT2D eigenvalue weighted by Crippen LogP contribution is -2.55. The normalized spacial score (nSPS) is 33.5. The molecule has 2 nitrogen and oxygen atoms in total. The molecule has 0 aromatic rings. The van der Waals surface area contributed by atoms with Gasteiger partial charge in [0.2, 0.25) is 0 Å². The molecule has 0 aromatic carbocycles. The van der Waals surface area contributed by atoms with E-state index < -0.39 is 0 Å².